The molecule has 9 heteroatoms. The van der Waals surface area contributed by atoms with Gasteiger partial charge in [-0.1, -0.05) is 45.7 Å². The molecule has 1 aliphatic heterocycles. The van der Waals surface area contributed by atoms with Crippen molar-refractivity contribution in [3.8, 4) is 5.75 Å². The van der Waals surface area contributed by atoms with E-state index in [0.717, 1.165) is 35.2 Å². The van der Waals surface area contributed by atoms with Gasteiger partial charge >= 0.3 is 0 Å². The van der Waals surface area contributed by atoms with Crippen LogP contribution < -0.4 is 10.1 Å². The van der Waals surface area contributed by atoms with Crippen molar-refractivity contribution in [1.29, 1.82) is 5.41 Å². The Balaban J connectivity index is 1.49. The van der Waals surface area contributed by atoms with E-state index in [9.17, 15) is 9.18 Å². The molecule has 1 aliphatic rings. The summed E-state index contributed by atoms with van der Waals surface area (Å²) in [5.41, 5.74) is 2.38. The summed E-state index contributed by atoms with van der Waals surface area (Å²) in [7, 11) is 1.60. The van der Waals surface area contributed by atoms with E-state index in [1.807, 2.05) is 47.4 Å². The molecule has 1 amide bonds. The van der Waals surface area contributed by atoms with E-state index in [2.05, 4.69) is 26.1 Å². The number of nitrogens with one attached hydrogen (secondary N) is 2. The predicted molar refractivity (Wildman–Crippen MR) is 157 cm³/mol. The number of carbonyl (C=O) groups excluding carboxylic acids is 1. The van der Waals surface area contributed by atoms with Gasteiger partial charge in [0.15, 0.2) is 5.96 Å². The number of methoxy groups -OCH3 is 1. The Kier molecular flexibility index (Phi) is 10.4. The van der Waals surface area contributed by atoms with Gasteiger partial charge in [-0.2, -0.15) is 0 Å². The maximum Gasteiger partial charge on any atom is 0.258 e. The predicted octanol–water partition coefficient (Wildman–Crippen LogP) is 6.30. The summed E-state index contributed by atoms with van der Waals surface area (Å²) >= 11 is 9.66. The summed E-state index contributed by atoms with van der Waals surface area (Å²) in [6.07, 6.45) is 3.14. The molecule has 1 heterocycles. The van der Waals surface area contributed by atoms with Crippen molar-refractivity contribution in [2.45, 2.75) is 32.2 Å². The van der Waals surface area contributed by atoms with Crippen LogP contribution in [0.1, 0.15) is 39.9 Å². The molecule has 0 atom stereocenters. The summed E-state index contributed by atoms with van der Waals surface area (Å²) in [5, 5.41) is 12.1. The number of hydrogen-bond acceptors (Lipinski definition) is 4. The van der Waals surface area contributed by atoms with Crippen LogP contribution in [0.15, 0.2) is 65.1 Å². The average molecular weight is 616 g/mol. The first-order valence-electron chi connectivity index (χ1n) is 13.1. The van der Waals surface area contributed by atoms with Gasteiger partial charge in [0.05, 0.1) is 7.11 Å². The summed E-state index contributed by atoms with van der Waals surface area (Å²) < 4.78 is 21.3. The Morgan fingerprint density at radius 3 is 2.64 bits per heavy atom. The lowest BCUT2D eigenvalue weighted by Crippen LogP contribution is -2.46. The van der Waals surface area contributed by atoms with Gasteiger partial charge < -0.3 is 14.5 Å². The van der Waals surface area contributed by atoms with Crippen LogP contribution in [-0.4, -0.2) is 55.0 Å². The van der Waals surface area contributed by atoms with Gasteiger partial charge in [0.1, 0.15) is 11.6 Å². The molecule has 206 valence electrons. The quantitative estimate of drug-likeness (QED) is 0.208. The number of aryl methyl sites for hydroxylation is 1. The molecule has 6 nitrogen and oxygen atoms in total. The number of ether oxygens (including phenoxy) is 1. The fourth-order valence-electron chi connectivity index (χ4n) is 4.88. The first-order valence-corrected chi connectivity index (χ1v) is 14.2. The highest BCUT2D eigenvalue weighted by molar-refractivity contribution is 9.10. The second-order valence-corrected chi connectivity index (χ2v) is 11.0. The minimum Gasteiger partial charge on any atom is -0.496 e. The molecule has 4 rings (SSSR count). The Morgan fingerprint density at radius 1 is 1.13 bits per heavy atom. The third-order valence-corrected chi connectivity index (χ3v) is 7.67. The number of carbonyl (C=O) groups is 1. The zero-order valence-corrected chi connectivity index (χ0v) is 24.3. The molecule has 2 N–H and O–H groups in total. The molecule has 1 saturated heterocycles. The van der Waals surface area contributed by atoms with E-state index in [4.69, 9.17) is 21.7 Å². The molecule has 0 unspecified atom stereocenters. The minimum atomic E-state index is -0.507. The van der Waals surface area contributed by atoms with Crippen LogP contribution in [0.25, 0.3) is 0 Å². The topological polar surface area (TPSA) is 68.7 Å². The Morgan fingerprint density at radius 2 is 1.90 bits per heavy atom. The maximum absolute atomic E-state index is 15.0. The van der Waals surface area contributed by atoms with E-state index < -0.39 is 11.7 Å². The molecular weight excluding hydrogens is 583 g/mol. The smallest absolute Gasteiger partial charge is 0.258 e. The molecule has 3 aromatic rings. The molecule has 1 fully saturated rings. The first-order chi connectivity index (χ1) is 18.8. The summed E-state index contributed by atoms with van der Waals surface area (Å²) in [4.78, 5) is 17.6. The second kappa shape index (κ2) is 13.9. The van der Waals surface area contributed by atoms with Crippen molar-refractivity contribution in [3.05, 3.63) is 98.2 Å². The van der Waals surface area contributed by atoms with Crippen LogP contribution in [0, 0.1) is 11.2 Å². The van der Waals surface area contributed by atoms with Crippen molar-refractivity contribution in [2.75, 3.05) is 33.3 Å². The summed E-state index contributed by atoms with van der Waals surface area (Å²) in [6, 6.07) is 17.6. The normalized spacial score (nSPS) is 13.3. The average Bonchev–Trinajstić information content (AvgIpc) is 3.44. The van der Waals surface area contributed by atoms with Crippen molar-refractivity contribution < 1.29 is 13.9 Å². The fraction of sp³-hybridized carbons (Fsp3) is 0.333. The molecule has 0 aromatic heterocycles. The van der Waals surface area contributed by atoms with Crippen LogP contribution in [0.5, 0.6) is 5.75 Å². The molecule has 0 aliphatic carbocycles. The number of nitrogens with zero attached hydrogens (tertiary/aromatic N) is 2. The van der Waals surface area contributed by atoms with E-state index >= 15 is 0 Å². The number of rotatable bonds is 10. The van der Waals surface area contributed by atoms with Gasteiger partial charge in [-0.05, 0) is 92.4 Å². The molecule has 3 aromatic carbocycles. The largest absolute Gasteiger partial charge is 0.496 e. The lowest BCUT2D eigenvalue weighted by molar-refractivity contribution is 0.0969. The number of halogens is 3. The Hall–Kier alpha value is -2.94. The van der Waals surface area contributed by atoms with E-state index in [-0.39, 0.29) is 11.5 Å². The molecular formula is C30H33BrClFN4O2. The van der Waals surface area contributed by atoms with Crippen LogP contribution in [0.2, 0.25) is 5.02 Å². The minimum absolute atomic E-state index is 0.0250. The van der Waals surface area contributed by atoms with Crippen LogP contribution in [0.3, 0.4) is 0 Å². The van der Waals surface area contributed by atoms with Crippen molar-refractivity contribution in [3.63, 3.8) is 0 Å². The lowest BCUT2D eigenvalue weighted by atomic mass is 9.98. The van der Waals surface area contributed by atoms with Gasteiger partial charge in [0, 0.05) is 40.3 Å². The van der Waals surface area contributed by atoms with Crippen molar-refractivity contribution in [2.24, 2.45) is 0 Å². The number of hydrogen-bond donors (Lipinski definition) is 2. The van der Waals surface area contributed by atoms with Gasteiger partial charge in [-0.25, -0.2) is 4.39 Å². The molecule has 0 saturated carbocycles. The number of guanidine groups is 1. The highest BCUT2D eigenvalue weighted by Gasteiger charge is 2.21. The third kappa shape index (κ3) is 8.03. The highest BCUT2D eigenvalue weighted by atomic mass is 79.9. The zero-order chi connectivity index (χ0) is 27.8. The summed E-state index contributed by atoms with van der Waals surface area (Å²) in [5.74, 6) is -0.277. The number of benzene rings is 3. The first kappa shape index (κ1) is 29.1. The lowest BCUT2D eigenvalue weighted by Gasteiger charge is -2.28. The van der Waals surface area contributed by atoms with E-state index in [1.54, 1.807) is 13.2 Å². The highest BCUT2D eigenvalue weighted by Crippen LogP contribution is 2.26. The van der Waals surface area contributed by atoms with Crippen LogP contribution >= 0.6 is 27.5 Å². The Bertz CT molecular complexity index is 1320. The van der Waals surface area contributed by atoms with Crippen LogP contribution in [-0.2, 0) is 19.4 Å². The second-order valence-electron chi connectivity index (χ2n) is 9.63. The molecule has 0 bridgehead atoms. The monoisotopic (exact) mass is 614 g/mol. The van der Waals surface area contributed by atoms with Gasteiger partial charge in [0.2, 0.25) is 0 Å². The maximum atomic E-state index is 15.0. The Labute approximate surface area is 242 Å². The van der Waals surface area contributed by atoms with Gasteiger partial charge in [0.25, 0.3) is 5.91 Å². The molecule has 0 spiro atoms. The van der Waals surface area contributed by atoms with E-state index in [0.29, 0.717) is 42.3 Å². The summed E-state index contributed by atoms with van der Waals surface area (Å²) in [6.45, 7) is 3.87. The van der Waals surface area contributed by atoms with Crippen molar-refractivity contribution >= 4 is 39.4 Å². The third-order valence-electron chi connectivity index (χ3n) is 6.95. The van der Waals surface area contributed by atoms with Gasteiger partial charge in [-0.15, -0.1) is 0 Å². The fourth-order valence-corrected chi connectivity index (χ4v) is 5.50. The molecule has 0 radical (unpaired) electrons. The standard InChI is InChI=1S/C30H33BrClFN4O2/c1-39-28-13-11-23(31)19-22(28)10-12-25-26(8-5-9-27(25)33)29(38)35-30(34)37(17-16-36-14-2-3-15-36)20-21-6-4-7-24(32)18-21/h4-9,11,13,18-19H,2-3,10,12,14-17,20H2,1H3,(H2,34,35,38). The zero-order valence-electron chi connectivity index (χ0n) is 22.0. The van der Waals surface area contributed by atoms with Gasteiger partial charge in [-0.3, -0.25) is 15.5 Å². The molecule has 39 heavy (non-hydrogen) atoms. The SMILES string of the molecule is COc1ccc(Br)cc1CCc1c(F)cccc1C(=O)NC(=N)N(CCN1CCCC1)Cc1cccc(Cl)c1. The van der Waals surface area contributed by atoms with E-state index in [1.165, 1.54) is 25.0 Å². The number of likely N-dealkylation sites (tertiary alicyclic amines) is 1. The van der Waals surface area contributed by atoms with Crippen molar-refractivity contribution in [1.82, 2.24) is 15.1 Å². The van der Waals surface area contributed by atoms with Crippen LogP contribution in [0.4, 0.5) is 4.39 Å². The number of amides is 1.